The molecule has 2 N–H and O–H groups in total. The van der Waals surface area contributed by atoms with E-state index in [0.29, 0.717) is 0 Å². The van der Waals surface area contributed by atoms with Crippen molar-refractivity contribution in [3.8, 4) is 0 Å². The van der Waals surface area contributed by atoms with E-state index in [1.807, 2.05) is 6.92 Å². The Hall–Kier alpha value is -0.570. The predicted octanol–water partition coefficient (Wildman–Crippen LogP) is 2.48. The molecule has 2 aliphatic carbocycles. The van der Waals surface area contributed by atoms with Crippen LogP contribution in [0.2, 0.25) is 0 Å². The highest BCUT2D eigenvalue weighted by atomic mass is 16.3. The summed E-state index contributed by atoms with van der Waals surface area (Å²) in [7, 11) is 0. The number of nitrogens with one attached hydrogen (secondary N) is 1. The first-order valence-corrected chi connectivity index (χ1v) is 7.65. The molecule has 1 amide bonds. The Labute approximate surface area is 110 Å². The Kier molecular flexibility index (Phi) is 5.04. The van der Waals surface area contributed by atoms with Crippen LogP contribution in [0, 0.1) is 17.8 Å². The van der Waals surface area contributed by atoms with Crippen molar-refractivity contribution >= 4 is 5.91 Å². The van der Waals surface area contributed by atoms with Crippen molar-refractivity contribution in [1.82, 2.24) is 5.32 Å². The fourth-order valence-corrected chi connectivity index (χ4v) is 3.71. The van der Waals surface area contributed by atoms with Gasteiger partial charge >= 0.3 is 0 Å². The molecule has 0 aromatic rings. The molecule has 0 spiro atoms. The summed E-state index contributed by atoms with van der Waals surface area (Å²) in [4.78, 5) is 12.2. The van der Waals surface area contributed by atoms with E-state index in [1.165, 1.54) is 32.1 Å². The minimum Gasteiger partial charge on any atom is -0.394 e. The number of rotatable bonds is 4. The molecule has 0 saturated heterocycles. The molecule has 2 aliphatic rings. The second-order valence-electron chi connectivity index (χ2n) is 6.11. The van der Waals surface area contributed by atoms with Gasteiger partial charge in [-0.05, 0) is 37.5 Å². The molecular formula is C15H27NO2. The number of amides is 1. The van der Waals surface area contributed by atoms with Crippen molar-refractivity contribution < 1.29 is 9.90 Å². The minimum atomic E-state index is -0.0541. The highest BCUT2D eigenvalue weighted by Crippen LogP contribution is 2.42. The van der Waals surface area contributed by atoms with Gasteiger partial charge in [-0.1, -0.05) is 32.6 Å². The zero-order valence-electron chi connectivity index (χ0n) is 11.5. The topological polar surface area (TPSA) is 49.3 Å². The lowest BCUT2D eigenvalue weighted by atomic mass is 9.67. The maximum Gasteiger partial charge on any atom is 0.223 e. The first-order chi connectivity index (χ1) is 8.74. The Bertz CT molecular complexity index is 276. The fourth-order valence-electron chi connectivity index (χ4n) is 3.71. The number of fused-ring (bicyclic) bond motifs is 1. The second kappa shape index (κ2) is 6.55. The van der Waals surface area contributed by atoms with Gasteiger partial charge in [-0.2, -0.15) is 0 Å². The number of hydrogen-bond donors (Lipinski definition) is 2. The monoisotopic (exact) mass is 253 g/mol. The van der Waals surface area contributed by atoms with E-state index in [0.717, 1.165) is 31.1 Å². The second-order valence-corrected chi connectivity index (χ2v) is 6.11. The molecule has 0 aromatic carbocycles. The largest absolute Gasteiger partial charge is 0.394 e. The number of hydrogen-bond acceptors (Lipinski definition) is 2. The SMILES string of the molecule is CC[C@H](CO)NC(=O)C1CCC2CCCCC2C1. The number of carbonyl (C=O) groups is 1. The molecule has 2 rings (SSSR count). The lowest BCUT2D eigenvalue weighted by Gasteiger charge is -2.39. The van der Waals surface area contributed by atoms with Crippen LogP contribution in [-0.2, 0) is 4.79 Å². The molecule has 0 bridgehead atoms. The van der Waals surface area contributed by atoms with E-state index in [9.17, 15) is 4.79 Å². The van der Waals surface area contributed by atoms with Gasteiger partial charge in [0.25, 0.3) is 0 Å². The van der Waals surface area contributed by atoms with Crippen molar-refractivity contribution in [2.24, 2.45) is 17.8 Å². The zero-order chi connectivity index (χ0) is 13.0. The highest BCUT2D eigenvalue weighted by molar-refractivity contribution is 5.79. The Morgan fingerprint density at radius 2 is 1.94 bits per heavy atom. The Morgan fingerprint density at radius 1 is 1.22 bits per heavy atom. The molecular weight excluding hydrogens is 226 g/mol. The fraction of sp³-hybridized carbons (Fsp3) is 0.933. The molecule has 2 fully saturated rings. The zero-order valence-corrected chi connectivity index (χ0v) is 11.5. The molecule has 104 valence electrons. The lowest BCUT2D eigenvalue weighted by Crippen LogP contribution is -2.43. The summed E-state index contributed by atoms with van der Waals surface area (Å²) in [5, 5.41) is 12.1. The Morgan fingerprint density at radius 3 is 2.61 bits per heavy atom. The number of aliphatic hydroxyl groups is 1. The van der Waals surface area contributed by atoms with Crippen LogP contribution in [0.5, 0.6) is 0 Å². The highest BCUT2D eigenvalue weighted by Gasteiger charge is 2.35. The molecule has 18 heavy (non-hydrogen) atoms. The summed E-state index contributed by atoms with van der Waals surface area (Å²) in [5.41, 5.74) is 0. The molecule has 3 heteroatoms. The van der Waals surface area contributed by atoms with Crippen molar-refractivity contribution in [3.05, 3.63) is 0 Å². The third-order valence-electron chi connectivity index (χ3n) is 4.97. The van der Waals surface area contributed by atoms with Crippen LogP contribution in [0.15, 0.2) is 0 Å². The quantitative estimate of drug-likeness (QED) is 0.808. The summed E-state index contributed by atoms with van der Waals surface area (Å²) in [6, 6.07) is -0.0541. The molecule has 0 radical (unpaired) electrons. The van der Waals surface area contributed by atoms with E-state index in [2.05, 4.69) is 5.32 Å². The molecule has 4 atom stereocenters. The first-order valence-electron chi connectivity index (χ1n) is 7.65. The van der Waals surface area contributed by atoms with Gasteiger partial charge in [-0.3, -0.25) is 4.79 Å². The van der Waals surface area contributed by atoms with Crippen LogP contribution in [0.25, 0.3) is 0 Å². The number of carbonyl (C=O) groups excluding carboxylic acids is 1. The maximum atomic E-state index is 12.2. The third-order valence-corrected chi connectivity index (χ3v) is 4.97. The molecule has 2 saturated carbocycles. The first kappa shape index (κ1) is 13.9. The normalized spacial score (nSPS) is 33.6. The predicted molar refractivity (Wildman–Crippen MR) is 72.1 cm³/mol. The van der Waals surface area contributed by atoms with Crippen LogP contribution >= 0.6 is 0 Å². The van der Waals surface area contributed by atoms with Gasteiger partial charge in [0.2, 0.25) is 5.91 Å². The van der Waals surface area contributed by atoms with Gasteiger partial charge in [0, 0.05) is 5.92 Å². The number of aliphatic hydroxyl groups excluding tert-OH is 1. The van der Waals surface area contributed by atoms with Gasteiger partial charge in [-0.15, -0.1) is 0 Å². The van der Waals surface area contributed by atoms with E-state index in [-0.39, 0.29) is 24.5 Å². The molecule has 3 nitrogen and oxygen atoms in total. The van der Waals surface area contributed by atoms with Crippen molar-refractivity contribution in [3.63, 3.8) is 0 Å². The lowest BCUT2D eigenvalue weighted by molar-refractivity contribution is -0.128. The summed E-state index contributed by atoms with van der Waals surface area (Å²) >= 11 is 0. The average Bonchev–Trinajstić information content (AvgIpc) is 2.44. The van der Waals surface area contributed by atoms with Crippen molar-refractivity contribution in [2.75, 3.05) is 6.61 Å². The van der Waals surface area contributed by atoms with Crippen LogP contribution < -0.4 is 5.32 Å². The summed E-state index contributed by atoms with van der Waals surface area (Å²) in [5.74, 6) is 2.06. The smallest absolute Gasteiger partial charge is 0.223 e. The molecule has 0 aliphatic heterocycles. The average molecular weight is 253 g/mol. The summed E-state index contributed by atoms with van der Waals surface area (Å²) in [6.45, 7) is 2.06. The standard InChI is InChI=1S/C15H27NO2/c1-2-14(10-17)16-15(18)13-8-7-11-5-3-4-6-12(11)9-13/h11-14,17H,2-10H2,1H3,(H,16,18)/t11?,12?,13?,14-/m1/s1. The van der Waals surface area contributed by atoms with E-state index in [4.69, 9.17) is 5.11 Å². The van der Waals surface area contributed by atoms with Gasteiger partial charge < -0.3 is 10.4 Å². The van der Waals surface area contributed by atoms with Gasteiger partial charge in [0.1, 0.15) is 0 Å². The molecule has 0 aromatic heterocycles. The maximum absolute atomic E-state index is 12.2. The van der Waals surface area contributed by atoms with E-state index >= 15 is 0 Å². The third kappa shape index (κ3) is 3.25. The van der Waals surface area contributed by atoms with Gasteiger partial charge in [0.05, 0.1) is 12.6 Å². The summed E-state index contributed by atoms with van der Waals surface area (Å²) < 4.78 is 0. The van der Waals surface area contributed by atoms with Gasteiger partial charge in [0.15, 0.2) is 0 Å². The molecule has 0 heterocycles. The minimum absolute atomic E-state index is 0.0541. The summed E-state index contributed by atoms with van der Waals surface area (Å²) in [6.07, 6.45) is 9.62. The van der Waals surface area contributed by atoms with E-state index in [1.54, 1.807) is 0 Å². The van der Waals surface area contributed by atoms with Crippen molar-refractivity contribution in [2.45, 2.75) is 64.3 Å². The van der Waals surface area contributed by atoms with Gasteiger partial charge in [-0.25, -0.2) is 0 Å². The van der Waals surface area contributed by atoms with E-state index < -0.39 is 0 Å². The van der Waals surface area contributed by atoms with Crippen molar-refractivity contribution in [1.29, 1.82) is 0 Å². The molecule has 3 unspecified atom stereocenters. The van der Waals surface area contributed by atoms with Crippen LogP contribution in [-0.4, -0.2) is 23.7 Å². The van der Waals surface area contributed by atoms with Crippen LogP contribution in [0.4, 0.5) is 0 Å². The van der Waals surface area contributed by atoms with Crippen LogP contribution in [0.3, 0.4) is 0 Å². The Balaban J connectivity index is 1.84. The van der Waals surface area contributed by atoms with Crippen LogP contribution in [0.1, 0.15) is 58.3 Å².